The fourth-order valence-corrected chi connectivity index (χ4v) is 2.85. The summed E-state index contributed by atoms with van der Waals surface area (Å²) in [5.41, 5.74) is 2.06. The molecule has 9 nitrogen and oxygen atoms in total. The number of hydrogen-bond donors (Lipinski definition) is 2. The summed E-state index contributed by atoms with van der Waals surface area (Å²) in [6.07, 6.45) is -2.94. The molecular formula is C18H15ClF5N5O4. The van der Waals surface area contributed by atoms with Crippen molar-refractivity contribution in [2.75, 3.05) is 18.5 Å². The average Bonchev–Trinajstić information content (AvgIpc) is 2.73. The van der Waals surface area contributed by atoms with Gasteiger partial charge in [-0.25, -0.2) is 32.9 Å². The first kappa shape index (κ1) is 24.2. The molecule has 15 heteroatoms. The SMILES string of the molecule is C[C@]1(c2nc(NC(=O)Oc3ncc(OCC(F)F)cc3Cl)ccc2F)N=C(N)OCC1(F)F. The van der Waals surface area contributed by atoms with E-state index in [0.717, 1.165) is 31.3 Å². The number of carbonyl (C=O) groups excluding carboxylic acids is 1. The van der Waals surface area contributed by atoms with Gasteiger partial charge in [-0.05, 0) is 19.1 Å². The van der Waals surface area contributed by atoms with E-state index in [1.54, 1.807) is 0 Å². The highest BCUT2D eigenvalue weighted by molar-refractivity contribution is 6.32. The molecule has 178 valence electrons. The maximum atomic E-state index is 14.5. The van der Waals surface area contributed by atoms with Crippen LogP contribution in [0.15, 0.2) is 29.4 Å². The second-order valence-electron chi connectivity index (χ2n) is 6.72. The van der Waals surface area contributed by atoms with Crippen LogP contribution in [-0.4, -0.2) is 47.6 Å². The summed E-state index contributed by atoms with van der Waals surface area (Å²) in [6, 6.07) is 2.29. The Bertz CT molecular complexity index is 1090. The highest BCUT2D eigenvalue weighted by atomic mass is 35.5. The zero-order valence-corrected chi connectivity index (χ0v) is 17.4. The largest absolute Gasteiger partial charge is 0.486 e. The molecule has 0 fully saturated rings. The van der Waals surface area contributed by atoms with Gasteiger partial charge in [0.25, 0.3) is 12.4 Å². The molecule has 3 heterocycles. The summed E-state index contributed by atoms with van der Waals surface area (Å²) in [7, 11) is 0. The Labute approximate surface area is 187 Å². The molecule has 2 aromatic rings. The Morgan fingerprint density at radius 1 is 1.39 bits per heavy atom. The minimum absolute atomic E-state index is 0.0941. The van der Waals surface area contributed by atoms with Gasteiger partial charge in [-0.1, -0.05) is 11.6 Å². The van der Waals surface area contributed by atoms with Gasteiger partial charge >= 0.3 is 12.0 Å². The molecule has 2 aromatic heterocycles. The van der Waals surface area contributed by atoms with Gasteiger partial charge in [0, 0.05) is 6.07 Å². The van der Waals surface area contributed by atoms with E-state index in [1.165, 1.54) is 0 Å². The van der Waals surface area contributed by atoms with E-state index in [0.29, 0.717) is 0 Å². The first-order valence-corrected chi connectivity index (χ1v) is 9.37. The van der Waals surface area contributed by atoms with Crippen LogP contribution in [0.25, 0.3) is 0 Å². The van der Waals surface area contributed by atoms with Crippen molar-refractivity contribution in [2.24, 2.45) is 10.7 Å². The number of amides is 1. The molecule has 0 unspecified atom stereocenters. The van der Waals surface area contributed by atoms with Crippen molar-refractivity contribution in [3.05, 3.63) is 40.9 Å². The van der Waals surface area contributed by atoms with E-state index in [-0.39, 0.29) is 16.6 Å². The zero-order valence-electron chi connectivity index (χ0n) is 16.6. The van der Waals surface area contributed by atoms with Gasteiger partial charge in [0.1, 0.15) is 34.7 Å². The summed E-state index contributed by atoms with van der Waals surface area (Å²) in [5.74, 6) is -5.67. The van der Waals surface area contributed by atoms with Gasteiger partial charge in [0.15, 0.2) is 12.1 Å². The number of pyridine rings is 2. The first-order chi connectivity index (χ1) is 15.4. The fourth-order valence-electron chi connectivity index (χ4n) is 2.66. The second-order valence-corrected chi connectivity index (χ2v) is 7.12. The Morgan fingerprint density at radius 3 is 2.79 bits per heavy atom. The van der Waals surface area contributed by atoms with E-state index in [2.05, 4.69) is 25.0 Å². The van der Waals surface area contributed by atoms with Crippen LogP contribution in [0.3, 0.4) is 0 Å². The minimum Gasteiger partial charge on any atom is -0.486 e. The molecule has 0 saturated heterocycles. The average molecular weight is 496 g/mol. The van der Waals surface area contributed by atoms with Crippen LogP contribution in [0.5, 0.6) is 11.6 Å². The molecule has 0 aliphatic carbocycles. The van der Waals surface area contributed by atoms with E-state index in [4.69, 9.17) is 26.8 Å². The maximum Gasteiger partial charge on any atom is 0.419 e. The summed E-state index contributed by atoms with van der Waals surface area (Å²) >= 11 is 5.88. The van der Waals surface area contributed by atoms with Crippen LogP contribution in [0, 0.1) is 5.82 Å². The molecule has 3 rings (SSSR count). The van der Waals surface area contributed by atoms with Crippen molar-refractivity contribution in [1.29, 1.82) is 0 Å². The first-order valence-electron chi connectivity index (χ1n) is 8.99. The number of hydrogen-bond acceptors (Lipinski definition) is 8. The second kappa shape index (κ2) is 9.21. The van der Waals surface area contributed by atoms with Gasteiger partial charge in [-0.3, -0.25) is 5.32 Å². The quantitative estimate of drug-likeness (QED) is 0.586. The molecule has 0 spiro atoms. The molecule has 0 aromatic carbocycles. The predicted molar refractivity (Wildman–Crippen MR) is 104 cm³/mol. The van der Waals surface area contributed by atoms with Crippen molar-refractivity contribution in [2.45, 2.75) is 24.8 Å². The van der Waals surface area contributed by atoms with Gasteiger partial charge in [-0.15, -0.1) is 0 Å². The van der Waals surface area contributed by atoms with E-state index in [1.807, 2.05) is 0 Å². The Hall–Kier alpha value is -3.42. The molecule has 1 aliphatic heterocycles. The van der Waals surface area contributed by atoms with Crippen LogP contribution in [0.1, 0.15) is 12.6 Å². The Balaban J connectivity index is 1.77. The molecular weight excluding hydrogens is 481 g/mol. The van der Waals surface area contributed by atoms with Crippen molar-refractivity contribution in [3.8, 4) is 11.6 Å². The lowest BCUT2D eigenvalue weighted by Crippen LogP contribution is -2.51. The van der Waals surface area contributed by atoms with Crippen LogP contribution in [0.4, 0.5) is 32.6 Å². The van der Waals surface area contributed by atoms with Crippen molar-refractivity contribution < 1.29 is 41.0 Å². The molecule has 3 N–H and O–H groups in total. The van der Waals surface area contributed by atoms with E-state index < -0.39 is 60.6 Å². The lowest BCUT2D eigenvalue weighted by atomic mass is 9.89. The Morgan fingerprint density at radius 2 is 2.12 bits per heavy atom. The summed E-state index contributed by atoms with van der Waals surface area (Å²) < 4.78 is 81.8. The molecule has 33 heavy (non-hydrogen) atoms. The Kier molecular flexibility index (Phi) is 6.76. The number of nitrogens with two attached hydrogens (primary N) is 1. The van der Waals surface area contributed by atoms with Gasteiger partial charge in [-0.2, -0.15) is 8.78 Å². The standard InChI is InChI=1S/C18H15ClF5N5O4/c1-17(18(23,24)7-32-15(25)29-17)13-10(20)2-3-12(27-13)28-16(30)33-14-9(19)4-8(5-26-14)31-6-11(21)22/h2-5,11H,6-7H2,1H3,(H2,25,29)(H,27,28,30)/t17-/m1/s1. The lowest BCUT2D eigenvalue weighted by Gasteiger charge is -2.36. The number of carbonyl (C=O) groups is 1. The van der Waals surface area contributed by atoms with Gasteiger partial charge in [0.05, 0.1) is 6.20 Å². The van der Waals surface area contributed by atoms with E-state index >= 15 is 0 Å². The number of aromatic nitrogens is 2. The summed E-state index contributed by atoms with van der Waals surface area (Å²) in [6.45, 7) is -1.13. The normalized spacial score (nSPS) is 19.5. The van der Waals surface area contributed by atoms with Crippen LogP contribution in [-0.2, 0) is 10.3 Å². The maximum absolute atomic E-state index is 14.5. The molecule has 1 atom stereocenters. The number of amidine groups is 1. The number of halogens is 6. The number of anilines is 1. The van der Waals surface area contributed by atoms with Crippen LogP contribution < -0.4 is 20.5 Å². The number of aliphatic imine (C=N–C) groups is 1. The molecule has 1 amide bonds. The van der Waals surface area contributed by atoms with Crippen molar-refractivity contribution in [1.82, 2.24) is 9.97 Å². The van der Waals surface area contributed by atoms with Gasteiger partial charge < -0.3 is 19.9 Å². The third kappa shape index (κ3) is 5.32. The van der Waals surface area contributed by atoms with Gasteiger partial charge in [0.2, 0.25) is 5.88 Å². The van der Waals surface area contributed by atoms with Crippen LogP contribution in [0.2, 0.25) is 5.02 Å². The monoisotopic (exact) mass is 495 g/mol. The van der Waals surface area contributed by atoms with E-state index in [9.17, 15) is 26.7 Å². The highest BCUT2D eigenvalue weighted by Gasteiger charge is 2.57. The summed E-state index contributed by atoms with van der Waals surface area (Å²) in [4.78, 5) is 23.1. The van der Waals surface area contributed by atoms with Crippen molar-refractivity contribution in [3.63, 3.8) is 0 Å². The number of ether oxygens (including phenoxy) is 3. The smallest absolute Gasteiger partial charge is 0.419 e. The highest BCUT2D eigenvalue weighted by Crippen LogP contribution is 2.43. The zero-order chi connectivity index (χ0) is 24.4. The third-order valence-corrected chi connectivity index (χ3v) is 4.60. The fraction of sp³-hybridized carbons (Fsp3) is 0.333. The minimum atomic E-state index is -3.67. The van der Waals surface area contributed by atoms with Crippen LogP contribution >= 0.6 is 11.6 Å². The molecule has 1 aliphatic rings. The molecule has 0 saturated carbocycles. The lowest BCUT2D eigenvalue weighted by molar-refractivity contribution is -0.118. The number of nitrogens with zero attached hydrogens (tertiary/aromatic N) is 3. The number of alkyl halides is 4. The predicted octanol–water partition coefficient (Wildman–Crippen LogP) is 3.72. The summed E-state index contributed by atoms with van der Waals surface area (Å²) in [5, 5.41) is 1.86. The molecule has 0 bridgehead atoms. The third-order valence-electron chi connectivity index (χ3n) is 4.33. The molecule has 0 radical (unpaired) electrons. The van der Waals surface area contributed by atoms with Crippen molar-refractivity contribution >= 4 is 29.5 Å². The topological polar surface area (TPSA) is 121 Å². The number of nitrogens with one attached hydrogen (secondary N) is 1. The number of rotatable bonds is 6.